The first-order chi connectivity index (χ1) is 7.04. The average Bonchev–Trinajstić information content (AvgIpc) is 2.17. The summed E-state index contributed by atoms with van der Waals surface area (Å²) in [5, 5.41) is 18.4. The standard InChI is InChI=1S/C11H20O3S/c1-7-3-4-9(11(13)14)10(5-7)15-8(2)6-12/h7-10,12H,3-6H2,1-2H3,(H,13,14). The van der Waals surface area contributed by atoms with E-state index < -0.39 is 5.97 Å². The van der Waals surface area contributed by atoms with E-state index in [4.69, 9.17) is 10.2 Å². The van der Waals surface area contributed by atoms with Crippen LogP contribution < -0.4 is 0 Å². The highest BCUT2D eigenvalue weighted by Gasteiger charge is 2.34. The van der Waals surface area contributed by atoms with Gasteiger partial charge in [-0.05, 0) is 25.2 Å². The Hall–Kier alpha value is -0.220. The lowest BCUT2D eigenvalue weighted by molar-refractivity contribution is -0.142. The van der Waals surface area contributed by atoms with Crippen molar-refractivity contribution >= 4 is 17.7 Å². The number of aliphatic carboxylic acids is 1. The quantitative estimate of drug-likeness (QED) is 0.778. The lowest BCUT2D eigenvalue weighted by Gasteiger charge is -2.33. The Kier molecular flexibility index (Phi) is 4.93. The second kappa shape index (κ2) is 5.75. The van der Waals surface area contributed by atoms with Crippen molar-refractivity contribution in [3.05, 3.63) is 0 Å². The number of carboxylic acids is 1. The summed E-state index contributed by atoms with van der Waals surface area (Å²) in [6.07, 6.45) is 2.76. The third-order valence-corrected chi connectivity index (χ3v) is 4.52. The molecule has 1 rings (SSSR count). The van der Waals surface area contributed by atoms with Gasteiger partial charge in [0.05, 0.1) is 12.5 Å². The van der Waals surface area contributed by atoms with Gasteiger partial charge in [-0.25, -0.2) is 0 Å². The Morgan fingerprint density at radius 3 is 2.73 bits per heavy atom. The number of rotatable bonds is 4. The fourth-order valence-electron chi connectivity index (χ4n) is 2.10. The van der Waals surface area contributed by atoms with Crippen LogP contribution in [-0.2, 0) is 4.79 Å². The SMILES string of the molecule is CC1CCC(C(=O)O)C(SC(C)CO)C1. The van der Waals surface area contributed by atoms with Crippen molar-refractivity contribution in [2.75, 3.05) is 6.61 Å². The van der Waals surface area contributed by atoms with Crippen molar-refractivity contribution in [1.29, 1.82) is 0 Å². The molecule has 0 aromatic carbocycles. The summed E-state index contributed by atoms with van der Waals surface area (Å²) in [4.78, 5) is 11.1. The molecule has 1 aliphatic rings. The zero-order valence-electron chi connectivity index (χ0n) is 9.35. The van der Waals surface area contributed by atoms with Crippen LogP contribution in [0.3, 0.4) is 0 Å². The van der Waals surface area contributed by atoms with E-state index in [1.807, 2.05) is 6.92 Å². The minimum atomic E-state index is -0.676. The summed E-state index contributed by atoms with van der Waals surface area (Å²) in [6, 6.07) is 0. The van der Waals surface area contributed by atoms with Gasteiger partial charge in [0.25, 0.3) is 0 Å². The molecule has 1 aliphatic carbocycles. The second-order valence-electron chi connectivity index (χ2n) is 4.53. The molecule has 0 aromatic rings. The van der Waals surface area contributed by atoms with E-state index in [-0.39, 0.29) is 23.0 Å². The highest BCUT2D eigenvalue weighted by atomic mass is 32.2. The van der Waals surface area contributed by atoms with Crippen LogP contribution in [0.5, 0.6) is 0 Å². The van der Waals surface area contributed by atoms with Gasteiger partial charge in [-0.15, -0.1) is 0 Å². The lowest BCUT2D eigenvalue weighted by atomic mass is 9.82. The molecule has 0 spiro atoms. The minimum absolute atomic E-state index is 0.127. The molecule has 0 radical (unpaired) electrons. The molecule has 3 nitrogen and oxygen atoms in total. The van der Waals surface area contributed by atoms with Crippen LogP contribution in [0.25, 0.3) is 0 Å². The van der Waals surface area contributed by atoms with Gasteiger partial charge in [0.15, 0.2) is 0 Å². The Morgan fingerprint density at radius 1 is 1.53 bits per heavy atom. The third kappa shape index (κ3) is 3.68. The molecule has 2 N–H and O–H groups in total. The molecular weight excluding hydrogens is 212 g/mol. The first-order valence-electron chi connectivity index (χ1n) is 5.53. The van der Waals surface area contributed by atoms with E-state index in [0.29, 0.717) is 5.92 Å². The van der Waals surface area contributed by atoms with Crippen molar-refractivity contribution in [1.82, 2.24) is 0 Å². The third-order valence-electron chi connectivity index (χ3n) is 3.04. The number of carbonyl (C=O) groups is 1. The van der Waals surface area contributed by atoms with E-state index in [2.05, 4.69) is 6.92 Å². The fraction of sp³-hybridized carbons (Fsp3) is 0.909. The Balaban J connectivity index is 2.57. The second-order valence-corrected chi connectivity index (χ2v) is 6.21. The minimum Gasteiger partial charge on any atom is -0.481 e. The lowest BCUT2D eigenvalue weighted by Crippen LogP contribution is -2.33. The molecule has 0 amide bonds. The molecular formula is C11H20O3S. The highest BCUT2D eigenvalue weighted by molar-refractivity contribution is 8.00. The van der Waals surface area contributed by atoms with E-state index in [1.165, 1.54) is 0 Å². The Bertz CT molecular complexity index is 220. The molecule has 0 saturated heterocycles. The maximum Gasteiger partial charge on any atom is 0.307 e. The maximum atomic E-state index is 11.1. The topological polar surface area (TPSA) is 57.5 Å². The molecule has 1 fully saturated rings. The van der Waals surface area contributed by atoms with E-state index in [9.17, 15) is 4.79 Å². The van der Waals surface area contributed by atoms with Crippen molar-refractivity contribution < 1.29 is 15.0 Å². The summed E-state index contributed by atoms with van der Waals surface area (Å²) >= 11 is 1.63. The van der Waals surface area contributed by atoms with Crippen molar-refractivity contribution in [2.24, 2.45) is 11.8 Å². The summed E-state index contributed by atoms with van der Waals surface area (Å²) < 4.78 is 0. The van der Waals surface area contributed by atoms with Gasteiger partial charge in [-0.1, -0.05) is 13.8 Å². The maximum absolute atomic E-state index is 11.1. The summed E-state index contributed by atoms with van der Waals surface area (Å²) in [7, 11) is 0. The zero-order valence-corrected chi connectivity index (χ0v) is 10.2. The van der Waals surface area contributed by atoms with E-state index in [0.717, 1.165) is 19.3 Å². The van der Waals surface area contributed by atoms with Gasteiger partial charge in [0, 0.05) is 10.5 Å². The smallest absolute Gasteiger partial charge is 0.307 e. The predicted molar refractivity (Wildman–Crippen MR) is 62.1 cm³/mol. The number of thioether (sulfide) groups is 1. The molecule has 0 bridgehead atoms. The molecule has 0 heterocycles. The van der Waals surface area contributed by atoms with Gasteiger partial charge in [-0.3, -0.25) is 4.79 Å². The van der Waals surface area contributed by atoms with Crippen LogP contribution in [0.1, 0.15) is 33.1 Å². The fourth-order valence-corrected chi connectivity index (χ4v) is 3.67. The van der Waals surface area contributed by atoms with Gasteiger partial charge in [-0.2, -0.15) is 11.8 Å². The molecule has 15 heavy (non-hydrogen) atoms. The van der Waals surface area contributed by atoms with Crippen LogP contribution in [0, 0.1) is 11.8 Å². The van der Waals surface area contributed by atoms with Crippen LogP contribution in [0.15, 0.2) is 0 Å². The molecule has 1 saturated carbocycles. The molecule has 4 unspecified atom stereocenters. The van der Waals surface area contributed by atoms with Crippen LogP contribution >= 0.6 is 11.8 Å². The summed E-state index contributed by atoms with van der Waals surface area (Å²) in [5.41, 5.74) is 0. The van der Waals surface area contributed by atoms with Gasteiger partial charge in [0.1, 0.15) is 0 Å². The van der Waals surface area contributed by atoms with Crippen molar-refractivity contribution in [3.63, 3.8) is 0 Å². The number of aliphatic hydroxyl groups is 1. The molecule has 0 aromatic heterocycles. The Labute approximate surface area is 95.3 Å². The van der Waals surface area contributed by atoms with Crippen LogP contribution in [-0.4, -0.2) is 33.3 Å². The summed E-state index contributed by atoms with van der Waals surface area (Å²) in [6.45, 7) is 4.25. The number of aliphatic hydroxyl groups excluding tert-OH is 1. The van der Waals surface area contributed by atoms with Gasteiger partial charge in [0.2, 0.25) is 0 Å². The first-order valence-corrected chi connectivity index (χ1v) is 6.48. The van der Waals surface area contributed by atoms with Crippen molar-refractivity contribution in [3.8, 4) is 0 Å². The monoisotopic (exact) mass is 232 g/mol. The zero-order chi connectivity index (χ0) is 11.4. The van der Waals surface area contributed by atoms with Crippen LogP contribution in [0.4, 0.5) is 0 Å². The average molecular weight is 232 g/mol. The molecule has 4 atom stereocenters. The molecule has 4 heteroatoms. The first kappa shape index (κ1) is 12.8. The highest BCUT2D eigenvalue weighted by Crippen LogP contribution is 2.38. The van der Waals surface area contributed by atoms with Crippen LogP contribution in [0.2, 0.25) is 0 Å². The van der Waals surface area contributed by atoms with Gasteiger partial charge < -0.3 is 10.2 Å². The predicted octanol–water partition coefficient (Wildman–Crippen LogP) is 1.99. The Morgan fingerprint density at radius 2 is 2.20 bits per heavy atom. The van der Waals surface area contributed by atoms with E-state index >= 15 is 0 Å². The largest absolute Gasteiger partial charge is 0.481 e. The van der Waals surface area contributed by atoms with E-state index in [1.54, 1.807) is 11.8 Å². The van der Waals surface area contributed by atoms with Crippen molar-refractivity contribution in [2.45, 2.75) is 43.6 Å². The number of hydrogen-bond acceptors (Lipinski definition) is 3. The summed E-state index contributed by atoms with van der Waals surface area (Å²) in [5.74, 6) is -0.284. The number of hydrogen-bond donors (Lipinski definition) is 2. The van der Waals surface area contributed by atoms with Gasteiger partial charge >= 0.3 is 5.97 Å². The normalized spacial score (nSPS) is 33.7. The molecule has 0 aliphatic heterocycles. The number of carboxylic acid groups (broad SMARTS) is 1. The molecule has 88 valence electrons.